The van der Waals surface area contributed by atoms with Crippen LogP contribution in [0.1, 0.15) is 56.6 Å². The van der Waals surface area contributed by atoms with Gasteiger partial charge in [0.05, 0.1) is 46.3 Å². The lowest BCUT2D eigenvalue weighted by Crippen LogP contribution is -2.44. The quantitative estimate of drug-likeness (QED) is 0.162. The molecule has 5 aliphatic rings. The van der Waals surface area contributed by atoms with Gasteiger partial charge >= 0.3 is 5.92 Å². The molecular weight excluding hydrogens is 820 g/mol. The molecule has 2 aromatic carbocycles. The van der Waals surface area contributed by atoms with E-state index in [1.54, 1.807) is 19.3 Å². The number of hydrogen-bond donors (Lipinski definition) is 3. The van der Waals surface area contributed by atoms with Crippen LogP contribution in [-0.2, 0) is 23.7 Å². The van der Waals surface area contributed by atoms with Gasteiger partial charge in [0.1, 0.15) is 5.02 Å². The molecule has 4 aliphatic heterocycles. The molecule has 2 atom stereocenters. The molecular formula is C44H50ClF2N11O4. The molecule has 0 radical (unpaired) electrons. The van der Waals surface area contributed by atoms with E-state index < -0.39 is 30.0 Å². The van der Waals surface area contributed by atoms with Gasteiger partial charge in [-0.15, -0.1) is 0 Å². The first-order valence-electron chi connectivity index (χ1n) is 21.7. The number of benzene rings is 2. The molecule has 0 spiro atoms. The van der Waals surface area contributed by atoms with Crippen LogP contribution in [0, 0.1) is 11.8 Å². The number of amides is 2. The second-order valence-corrected chi connectivity index (χ2v) is 18.0. The summed E-state index contributed by atoms with van der Waals surface area (Å²) in [4.78, 5) is 54.5. The van der Waals surface area contributed by atoms with E-state index >= 15 is 8.78 Å². The Morgan fingerprint density at radius 1 is 0.952 bits per heavy atom. The Morgan fingerprint density at radius 2 is 1.77 bits per heavy atom. The maximum atomic E-state index is 15.2. The predicted molar refractivity (Wildman–Crippen MR) is 234 cm³/mol. The van der Waals surface area contributed by atoms with Crippen molar-refractivity contribution in [3.8, 4) is 5.75 Å². The first-order chi connectivity index (χ1) is 29.9. The number of pyridine rings is 1. The third-order valence-corrected chi connectivity index (χ3v) is 13.7. The summed E-state index contributed by atoms with van der Waals surface area (Å²) in [5.74, 6) is -2.84. The van der Waals surface area contributed by atoms with E-state index in [1.165, 1.54) is 4.57 Å². The molecule has 1 saturated carbocycles. The van der Waals surface area contributed by atoms with E-state index in [-0.39, 0.29) is 29.2 Å². The maximum absolute atomic E-state index is 15.2. The van der Waals surface area contributed by atoms with Gasteiger partial charge in [0.25, 0.3) is 5.56 Å². The van der Waals surface area contributed by atoms with Gasteiger partial charge in [-0.3, -0.25) is 24.4 Å². The lowest BCUT2D eigenvalue weighted by atomic mass is 9.92. The summed E-state index contributed by atoms with van der Waals surface area (Å²) < 4.78 is 39.2. The van der Waals surface area contributed by atoms with Crippen LogP contribution < -0.4 is 36.0 Å². The van der Waals surface area contributed by atoms with Crippen LogP contribution in [0.4, 0.5) is 37.6 Å². The van der Waals surface area contributed by atoms with Gasteiger partial charge in [-0.2, -0.15) is 10.1 Å². The monoisotopic (exact) mass is 869 g/mol. The van der Waals surface area contributed by atoms with Crippen LogP contribution in [-0.4, -0.2) is 105 Å². The van der Waals surface area contributed by atoms with Crippen molar-refractivity contribution in [1.29, 1.82) is 0 Å². The minimum Gasteiger partial charge on any atom is -0.480 e. The molecule has 62 heavy (non-hydrogen) atoms. The summed E-state index contributed by atoms with van der Waals surface area (Å²) in [6.07, 6.45) is 6.80. The van der Waals surface area contributed by atoms with Gasteiger partial charge in [-0.1, -0.05) is 23.7 Å². The summed E-state index contributed by atoms with van der Waals surface area (Å²) in [6, 6.07) is 10.5. The lowest BCUT2D eigenvalue weighted by Gasteiger charge is -2.34. The second-order valence-electron chi connectivity index (χ2n) is 17.6. The summed E-state index contributed by atoms with van der Waals surface area (Å²) >= 11 is 6.65. The largest absolute Gasteiger partial charge is 0.480 e. The summed E-state index contributed by atoms with van der Waals surface area (Å²) in [6.45, 7) is 5.52. The van der Waals surface area contributed by atoms with Crippen molar-refractivity contribution in [2.45, 2.75) is 62.8 Å². The fourth-order valence-electron chi connectivity index (χ4n) is 9.91. The third kappa shape index (κ3) is 7.56. The first-order valence-corrected chi connectivity index (χ1v) is 22.0. The van der Waals surface area contributed by atoms with Crippen molar-refractivity contribution < 1.29 is 23.1 Å². The number of piperidine rings is 2. The molecule has 10 rings (SSSR count). The number of alkyl halides is 2. The van der Waals surface area contributed by atoms with Crippen molar-refractivity contribution in [2.75, 3.05) is 72.9 Å². The molecule has 1 aliphatic carbocycles. The highest BCUT2D eigenvalue weighted by atomic mass is 35.5. The second kappa shape index (κ2) is 16.0. The first kappa shape index (κ1) is 40.5. The minimum absolute atomic E-state index is 0.106. The number of ether oxygens (including phenoxy) is 1. The standard InChI is InChI=1S/C44H50ClF2N11O4/c1-54-32-11-9-27(21-30(32)36-38(42(54)61)62-24-44(46,47)39(51-36)26-7-8-26)49-40-31(45)22-48-43(52-40)58-17-13-25(14-18-58)23-56-15-4-16-57(20-19-56)33-6-3-5-28-35(53-55(2)37(28)33)29-10-12-34(59)50-41(29)60/h3,5-6,9,11,21-22,25-26,29,39,51H,4,7-8,10,12-20,23-24H2,1-2H3,(H,48,49,52)(H,50,59,60)/t29?,39-/m0/s1. The van der Waals surface area contributed by atoms with E-state index in [0.717, 1.165) is 87.4 Å². The zero-order chi connectivity index (χ0) is 42.9. The van der Waals surface area contributed by atoms with Crippen molar-refractivity contribution in [3.05, 3.63) is 63.7 Å². The Morgan fingerprint density at radius 3 is 2.56 bits per heavy atom. The predicted octanol–water partition coefficient (Wildman–Crippen LogP) is 5.78. The van der Waals surface area contributed by atoms with Gasteiger partial charge in [0.2, 0.25) is 23.5 Å². The van der Waals surface area contributed by atoms with Gasteiger partial charge < -0.3 is 34.6 Å². The average Bonchev–Trinajstić information content (AvgIpc) is 4.09. The number of fused-ring (bicyclic) bond motifs is 4. The number of carbonyl (C=O) groups excluding carboxylic acids is 2. The molecule has 0 bridgehead atoms. The highest BCUT2D eigenvalue weighted by molar-refractivity contribution is 6.33. The summed E-state index contributed by atoms with van der Waals surface area (Å²) in [5, 5.41) is 15.5. The third-order valence-electron chi connectivity index (χ3n) is 13.4. The molecule has 3 aromatic heterocycles. The number of halogens is 3. The molecule has 326 valence electrons. The molecule has 2 amide bonds. The topological polar surface area (TPSA) is 155 Å². The normalized spacial score (nSPS) is 22.5. The molecule has 18 heteroatoms. The highest BCUT2D eigenvalue weighted by Crippen LogP contribution is 2.46. The van der Waals surface area contributed by atoms with E-state index in [0.29, 0.717) is 65.0 Å². The van der Waals surface area contributed by atoms with Crippen LogP contribution >= 0.6 is 11.6 Å². The number of anilines is 5. The van der Waals surface area contributed by atoms with Crippen LogP contribution in [0.15, 0.2) is 47.4 Å². The van der Waals surface area contributed by atoms with Crippen molar-refractivity contribution in [2.24, 2.45) is 25.9 Å². The van der Waals surface area contributed by atoms with Crippen molar-refractivity contribution >= 4 is 74.0 Å². The number of nitrogens with one attached hydrogen (secondary N) is 3. The fraction of sp³-hybridized carbons (Fsp3) is 0.500. The van der Waals surface area contributed by atoms with Gasteiger partial charge in [-0.05, 0) is 81.2 Å². The van der Waals surface area contributed by atoms with Gasteiger partial charge in [-0.25, -0.2) is 13.8 Å². The Bertz CT molecular complexity index is 2640. The van der Waals surface area contributed by atoms with E-state index in [1.807, 2.05) is 36.0 Å². The van der Waals surface area contributed by atoms with Crippen LogP contribution in [0.25, 0.3) is 21.8 Å². The Hall–Kier alpha value is -5.55. The molecule has 3 saturated heterocycles. The van der Waals surface area contributed by atoms with Crippen LogP contribution in [0.5, 0.6) is 5.75 Å². The van der Waals surface area contributed by atoms with Gasteiger partial charge in [0.15, 0.2) is 12.4 Å². The van der Waals surface area contributed by atoms with E-state index in [4.69, 9.17) is 26.4 Å². The highest BCUT2D eigenvalue weighted by Gasteiger charge is 2.51. The fourth-order valence-corrected chi connectivity index (χ4v) is 10.0. The van der Waals surface area contributed by atoms with Crippen molar-refractivity contribution in [1.82, 2.24) is 34.5 Å². The molecule has 1 unspecified atom stereocenters. The summed E-state index contributed by atoms with van der Waals surface area (Å²) in [5.41, 5.74) is 3.86. The molecule has 5 aromatic rings. The van der Waals surface area contributed by atoms with E-state index in [9.17, 15) is 14.4 Å². The number of nitrogens with zero attached hydrogens (tertiary/aromatic N) is 8. The van der Waals surface area contributed by atoms with Crippen LogP contribution in [0.2, 0.25) is 5.02 Å². The van der Waals surface area contributed by atoms with Crippen LogP contribution in [0.3, 0.4) is 0 Å². The number of rotatable bonds is 8. The van der Waals surface area contributed by atoms with E-state index in [2.05, 4.69) is 41.7 Å². The number of aromatic nitrogens is 5. The number of para-hydroxylation sites is 1. The molecule has 4 fully saturated rings. The molecule has 15 nitrogen and oxygen atoms in total. The Kier molecular flexibility index (Phi) is 10.4. The Balaban J connectivity index is 0.785. The SMILES string of the molecule is Cn1nc(C2CCC(=O)NC2=O)c2cccc(N3CCCN(CC4CCN(c5ncc(Cl)c(Nc6ccc7c(c6)c6c(c(=O)n7C)OCC(F)(F)[C@H](C7CC7)N6)n5)CC4)CC3)c21. The number of aryl methyl sites for hydroxylation is 2. The van der Waals surface area contributed by atoms with Crippen molar-refractivity contribution in [3.63, 3.8) is 0 Å². The number of carbonyl (C=O) groups is 2. The molecule has 7 heterocycles. The Labute approximate surface area is 361 Å². The summed E-state index contributed by atoms with van der Waals surface area (Å²) in [7, 11) is 3.54. The smallest absolute Gasteiger partial charge is 0.301 e. The zero-order valence-corrected chi connectivity index (χ0v) is 35.6. The lowest BCUT2D eigenvalue weighted by molar-refractivity contribution is -0.134. The zero-order valence-electron chi connectivity index (χ0n) is 34.8. The maximum Gasteiger partial charge on any atom is 0.301 e. The number of imide groups is 1. The van der Waals surface area contributed by atoms with Gasteiger partial charge in [0, 0.05) is 76.2 Å². The molecule has 3 N–H and O–H groups in total. The number of hydrogen-bond acceptors (Lipinski definition) is 12. The minimum atomic E-state index is -3.13. The average molecular weight is 870 g/mol.